The van der Waals surface area contributed by atoms with Gasteiger partial charge in [-0.25, -0.2) is 4.98 Å². The minimum atomic E-state index is 0.103. The van der Waals surface area contributed by atoms with E-state index < -0.39 is 0 Å². The van der Waals surface area contributed by atoms with E-state index in [2.05, 4.69) is 32.9 Å². The molecule has 82 valence electrons. The predicted octanol–water partition coefficient (Wildman–Crippen LogP) is 1.29. The van der Waals surface area contributed by atoms with E-state index in [4.69, 9.17) is 0 Å². The molecule has 0 radical (unpaired) electrons. The van der Waals surface area contributed by atoms with Gasteiger partial charge in [-0.05, 0) is 23.0 Å². The van der Waals surface area contributed by atoms with Crippen molar-refractivity contribution in [2.75, 3.05) is 33.2 Å². The fourth-order valence-electron chi connectivity index (χ4n) is 1.52. The van der Waals surface area contributed by atoms with Crippen molar-refractivity contribution in [3.63, 3.8) is 0 Å². The molecule has 2 heterocycles. The van der Waals surface area contributed by atoms with Crippen molar-refractivity contribution >= 4 is 33.2 Å². The van der Waals surface area contributed by atoms with Gasteiger partial charge in [0.15, 0.2) is 3.92 Å². The third-order valence-electron chi connectivity index (χ3n) is 2.48. The number of aromatic nitrogens is 1. The Balaban J connectivity index is 2.02. The Kier molecular flexibility index (Phi) is 3.38. The summed E-state index contributed by atoms with van der Waals surface area (Å²) < 4.78 is 0.764. The highest BCUT2D eigenvalue weighted by atomic mass is 79.9. The maximum Gasteiger partial charge on any atom is 0.265 e. The first-order valence-electron chi connectivity index (χ1n) is 4.76. The van der Waals surface area contributed by atoms with E-state index in [1.807, 2.05) is 4.90 Å². The third kappa shape index (κ3) is 2.56. The number of rotatable bonds is 1. The van der Waals surface area contributed by atoms with Gasteiger partial charge in [0.1, 0.15) is 4.88 Å². The summed E-state index contributed by atoms with van der Waals surface area (Å²) >= 11 is 4.65. The Morgan fingerprint density at radius 2 is 2.13 bits per heavy atom. The topological polar surface area (TPSA) is 36.4 Å². The Labute approximate surface area is 101 Å². The smallest absolute Gasteiger partial charge is 0.265 e. The molecule has 2 rings (SSSR count). The molecule has 1 aliphatic rings. The molecule has 0 N–H and O–H groups in total. The maximum absolute atomic E-state index is 12.0. The van der Waals surface area contributed by atoms with Crippen LogP contribution in [0.5, 0.6) is 0 Å². The van der Waals surface area contributed by atoms with Gasteiger partial charge in [0.05, 0.1) is 6.20 Å². The average molecular weight is 290 g/mol. The molecule has 6 heteroatoms. The van der Waals surface area contributed by atoms with Crippen molar-refractivity contribution in [1.29, 1.82) is 0 Å². The summed E-state index contributed by atoms with van der Waals surface area (Å²) in [6, 6.07) is 0. The lowest BCUT2D eigenvalue weighted by molar-refractivity contribution is 0.0669. The van der Waals surface area contributed by atoms with Crippen LogP contribution in [0.1, 0.15) is 9.67 Å². The Morgan fingerprint density at radius 3 is 2.67 bits per heavy atom. The van der Waals surface area contributed by atoms with Gasteiger partial charge in [-0.3, -0.25) is 4.79 Å². The summed E-state index contributed by atoms with van der Waals surface area (Å²) in [4.78, 5) is 20.8. The Morgan fingerprint density at radius 1 is 1.47 bits per heavy atom. The second-order valence-corrected chi connectivity index (χ2v) is 5.88. The van der Waals surface area contributed by atoms with E-state index in [9.17, 15) is 4.79 Å². The summed E-state index contributed by atoms with van der Waals surface area (Å²) in [5.41, 5.74) is 0. The van der Waals surface area contributed by atoms with Gasteiger partial charge < -0.3 is 9.80 Å². The summed E-state index contributed by atoms with van der Waals surface area (Å²) in [6.45, 7) is 3.52. The van der Waals surface area contributed by atoms with Gasteiger partial charge >= 0.3 is 0 Å². The van der Waals surface area contributed by atoms with Crippen molar-refractivity contribution in [3.8, 4) is 0 Å². The predicted molar refractivity (Wildman–Crippen MR) is 63.2 cm³/mol. The monoisotopic (exact) mass is 289 g/mol. The van der Waals surface area contributed by atoms with E-state index in [0.29, 0.717) is 4.88 Å². The number of carbonyl (C=O) groups is 1. The number of piperazine rings is 1. The zero-order valence-electron chi connectivity index (χ0n) is 8.44. The Bertz CT molecular complexity index is 360. The lowest BCUT2D eigenvalue weighted by Gasteiger charge is -2.31. The van der Waals surface area contributed by atoms with E-state index in [1.165, 1.54) is 11.3 Å². The largest absolute Gasteiger partial charge is 0.335 e. The molecule has 0 aromatic carbocycles. The van der Waals surface area contributed by atoms with Crippen LogP contribution in [0.3, 0.4) is 0 Å². The molecular weight excluding hydrogens is 278 g/mol. The second kappa shape index (κ2) is 4.59. The minimum absolute atomic E-state index is 0.103. The molecule has 0 saturated carbocycles. The fourth-order valence-corrected chi connectivity index (χ4v) is 2.75. The number of carbonyl (C=O) groups excluding carboxylic acids is 1. The van der Waals surface area contributed by atoms with Crippen molar-refractivity contribution in [3.05, 3.63) is 15.0 Å². The highest BCUT2D eigenvalue weighted by molar-refractivity contribution is 9.11. The summed E-state index contributed by atoms with van der Waals surface area (Å²) in [5.74, 6) is 0.103. The number of likely N-dealkylation sites (N-methyl/N-ethyl adjacent to an activating group) is 1. The molecule has 1 aromatic rings. The second-order valence-electron chi connectivity index (χ2n) is 3.57. The number of hydrogen-bond donors (Lipinski definition) is 0. The van der Waals surface area contributed by atoms with Crippen molar-refractivity contribution < 1.29 is 4.79 Å². The van der Waals surface area contributed by atoms with Gasteiger partial charge in [0.25, 0.3) is 5.91 Å². The van der Waals surface area contributed by atoms with E-state index in [1.54, 1.807) is 6.20 Å². The number of amides is 1. The van der Waals surface area contributed by atoms with Crippen molar-refractivity contribution in [2.45, 2.75) is 0 Å². The van der Waals surface area contributed by atoms with Crippen LogP contribution < -0.4 is 0 Å². The van der Waals surface area contributed by atoms with Gasteiger partial charge in [0, 0.05) is 26.2 Å². The molecule has 1 fully saturated rings. The minimum Gasteiger partial charge on any atom is -0.335 e. The van der Waals surface area contributed by atoms with Crippen LogP contribution in [0.4, 0.5) is 0 Å². The number of nitrogens with zero attached hydrogens (tertiary/aromatic N) is 3. The van der Waals surface area contributed by atoms with Crippen molar-refractivity contribution in [1.82, 2.24) is 14.8 Å². The van der Waals surface area contributed by atoms with Gasteiger partial charge in [-0.2, -0.15) is 0 Å². The standard InChI is InChI=1S/C9H12BrN3OS/c1-12-2-4-13(5-3-12)8(14)7-6-11-9(10)15-7/h6H,2-5H2,1H3. The van der Waals surface area contributed by atoms with Gasteiger partial charge in [0.2, 0.25) is 0 Å². The van der Waals surface area contributed by atoms with E-state index in [-0.39, 0.29) is 5.91 Å². The Hall–Kier alpha value is -0.460. The molecular formula is C9H12BrN3OS. The van der Waals surface area contributed by atoms with E-state index in [0.717, 1.165) is 30.1 Å². The lowest BCUT2D eigenvalue weighted by atomic mass is 10.3. The molecule has 0 aliphatic carbocycles. The van der Waals surface area contributed by atoms with Crippen LogP contribution in [0.15, 0.2) is 10.1 Å². The first-order valence-corrected chi connectivity index (χ1v) is 6.37. The lowest BCUT2D eigenvalue weighted by Crippen LogP contribution is -2.46. The average Bonchev–Trinajstić information content (AvgIpc) is 2.65. The van der Waals surface area contributed by atoms with E-state index >= 15 is 0 Å². The number of hydrogen-bond acceptors (Lipinski definition) is 4. The highest BCUT2D eigenvalue weighted by Gasteiger charge is 2.21. The van der Waals surface area contributed by atoms with Crippen LogP contribution >= 0.6 is 27.3 Å². The van der Waals surface area contributed by atoms with Crippen LogP contribution in [-0.2, 0) is 0 Å². The van der Waals surface area contributed by atoms with Crippen molar-refractivity contribution in [2.24, 2.45) is 0 Å². The normalized spacial score (nSPS) is 18.1. The zero-order chi connectivity index (χ0) is 10.8. The summed E-state index contributed by atoms with van der Waals surface area (Å²) in [7, 11) is 2.07. The molecule has 1 aromatic heterocycles. The maximum atomic E-state index is 12.0. The fraction of sp³-hybridized carbons (Fsp3) is 0.556. The molecule has 1 amide bonds. The summed E-state index contributed by atoms with van der Waals surface area (Å²) in [5, 5.41) is 0. The summed E-state index contributed by atoms with van der Waals surface area (Å²) in [6.07, 6.45) is 1.63. The molecule has 1 saturated heterocycles. The molecule has 1 aliphatic heterocycles. The van der Waals surface area contributed by atoms with Crippen LogP contribution in [0.2, 0.25) is 0 Å². The van der Waals surface area contributed by atoms with Gasteiger partial charge in [-0.15, -0.1) is 11.3 Å². The first-order chi connectivity index (χ1) is 7.16. The van der Waals surface area contributed by atoms with Crippen LogP contribution in [0.25, 0.3) is 0 Å². The zero-order valence-corrected chi connectivity index (χ0v) is 10.8. The highest BCUT2D eigenvalue weighted by Crippen LogP contribution is 2.20. The molecule has 0 atom stereocenters. The molecule has 0 bridgehead atoms. The number of thiazole rings is 1. The SMILES string of the molecule is CN1CCN(C(=O)c2cnc(Br)s2)CC1. The molecule has 4 nitrogen and oxygen atoms in total. The van der Waals surface area contributed by atoms with Crippen LogP contribution in [-0.4, -0.2) is 53.9 Å². The molecule has 0 spiro atoms. The molecule has 15 heavy (non-hydrogen) atoms. The van der Waals surface area contributed by atoms with Gasteiger partial charge in [-0.1, -0.05) is 0 Å². The number of halogens is 1. The quantitative estimate of drug-likeness (QED) is 0.782. The third-order valence-corrected chi connectivity index (χ3v) is 3.94. The first kappa shape index (κ1) is 11.0. The van der Waals surface area contributed by atoms with Crippen LogP contribution in [0, 0.1) is 0 Å². The molecule has 0 unspecified atom stereocenters.